The van der Waals surface area contributed by atoms with Gasteiger partial charge in [-0.2, -0.15) is 0 Å². The van der Waals surface area contributed by atoms with Crippen molar-refractivity contribution in [2.75, 3.05) is 23.7 Å². The number of rotatable bonds is 8. The normalized spacial score (nSPS) is 12.3. The van der Waals surface area contributed by atoms with Gasteiger partial charge in [0.15, 0.2) is 0 Å². The summed E-state index contributed by atoms with van der Waals surface area (Å²) in [7, 11) is -3.61. The molecule has 152 valence electrons. The van der Waals surface area contributed by atoms with E-state index in [0.29, 0.717) is 12.3 Å². The van der Waals surface area contributed by atoms with Gasteiger partial charge in [-0.3, -0.25) is 9.10 Å². The van der Waals surface area contributed by atoms with Crippen molar-refractivity contribution in [3.05, 3.63) is 59.2 Å². The van der Waals surface area contributed by atoms with Crippen molar-refractivity contribution in [1.82, 2.24) is 5.32 Å². The van der Waals surface area contributed by atoms with Crippen molar-refractivity contribution >= 4 is 21.6 Å². The highest BCUT2D eigenvalue weighted by molar-refractivity contribution is 7.92. The van der Waals surface area contributed by atoms with E-state index < -0.39 is 10.0 Å². The van der Waals surface area contributed by atoms with Gasteiger partial charge in [0.1, 0.15) is 12.3 Å². The Morgan fingerprint density at radius 1 is 1.11 bits per heavy atom. The lowest BCUT2D eigenvalue weighted by Crippen LogP contribution is -2.41. The van der Waals surface area contributed by atoms with Gasteiger partial charge in [0.2, 0.25) is 15.9 Å². The summed E-state index contributed by atoms with van der Waals surface area (Å²) in [4.78, 5) is 12.6. The van der Waals surface area contributed by atoms with Gasteiger partial charge in [-0.25, -0.2) is 8.42 Å². The number of benzene rings is 2. The quantitative estimate of drug-likeness (QED) is 0.732. The molecule has 2 aromatic carbocycles. The van der Waals surface area contributed by atoms with E-state index in [2.05, 4.69) is 5.32 Å². The molecule has 2 rings (SSSR count). The van der Waals surface area contributed by atoms with Crippen LogP contribution >= 0.6 is 0 Å². The largest absolute Gasteiger partial charge is 0.494 e. The van der Waals surface area contributed by atoms with Crippen LogP contribution in [0.4, 0.5) is 5.69 Å². The number of hydrogen-bond donors (Lipinski definition) is 1. The zero-order chi connectivity index (χ0) is 20.9. The van der Waals surface area contributed by atoms with E-state index >= 15 is 0 Å². The van der Waals surface area contributed by atoms with E-state index in [4.69, 9.17) is 4.74 Å². The average molecular weight is 405 g/mol. The number of amides is 1. The number of carbonyl (C=O) groups excluding carboxylic acids is 1. The Labute approximate surface area is 167 Å². The van der Waals surface area contributed by atoms with Crippen molar-refractivity contribution in [3.63, 3.8) is 0 Å². The molecule has 0 aliphatic heterocycles. The standard InChI is InChI=1S/C21H28N2O4S/c1-6-27-19-12-10-18(11-13-19)17(4)22-20(24)14-23(28(5,25)26)21-15(2)8-7-9-16(21)3/h7-13,17H,6,14H2,1-5H3,(H,22,24)/t17-/m0/s1. The summed E-state index contributed by atoms with van der Waals surface area (Å²) in [5.74, 6) is 0.400. The Bertz CT molecular complexity index is 904. The maximum atomic E-state index is 12.6. The second-order valence-corrected chi connectivity index (χ2v) is 8.71. The molecule has 0 saturated heterocycles. The van der Waals surface area contributed by atoms with Gasteiger partial charge in [0.05, 0.1) is 24.6 Å². The van der Waals surface area contributed by atoms with E-state index in [-0.39, 0.29) is 18.5 Å². The summed E-state index contributed by atoms with van der Waals surface area (Å²) in [5, 5.41) is 2.87. The Balaban J connectivity index is 2.16. The SMILES string of the molecule is CCOc1ccc([C@H](C)NC(=O)CN(c2c(C)cccc2C)S(C)(=O)=O)cc1. The molecule has 0 saturated carbocycles. The maximum Gasteiger partial charge on any atom is 0.241 e. The van der Waals surface area contributed by atoms with Crippen molar-refractivity contribution in [3.8, 4) is 5.75 Å². The number of para-hydroxylation sites is 1. The fraction of sp³-hybridized carbons (Fsp3) is 0.381. The van der Waals surface area contributed by atoms with Crippen LogP contribution in [-0.2, 0) is 14.8 Å². The first kappa shape index (κ1) is 21.8. The predicted octanol–water partition coefficient (Wildman–Crippen LogP) is 3.35. The maximum absolute atomic E-state index is 12.6. The minimum absolute atomic E-state index is 0.262. The molecule has 2 aromatic rings. The molecule has 0 heterocycles. The summed E-state index contributed by atoms with van der Waals surface area (Å²) in [6.45, 7) is 7.76. The molecule has 0 spiro atoms. The highest BCUT2D eigenvalue weighted by Crippen LogP contribution is 2.26. The van der Waals surface area contributed by atoms with Crippen LogP contribution in [0.3, 0.4) is 0 Å². The first-order chi connectivity index (χ1) is 13.1. The van der Waals surface area contributed by atoms with Gasteiger partial charge in [-0.15, -0.1) is 0 Å². The van der Waals surface area contributed by atoms with Gasteiger partial charge >= 0.3 is 0 Å². The molecule has 0 fully saturated rings. The van der Waals surface area contributed by atoms with Crippen LogP contribution < -0.4 is 14.4 Å². The fourth-order valence-corrected chi connectivity index (χ4v) is 4.05. The average Bonchev–Trinajstić information content (AvgIpc) is 2.60. The van der Waals surface area contributed by atoms with Crippen LogP contribution in [-0.4, -0.2) is 33.7 Å². The van der Waals surface area contributed by atoms with E-state index in [1.54, 1.807) is 0 Å². The van der Waals surface area contributed by atoms with Crippen LogP contribution in [0.2, 0.25) is 0 Å². The van der Waals surface area contributed by atoms with Crippen molar-refractivity contribution in [2.24, 2.45) is 0 Å². The number of ether oxygens (including phenoxy) is 1. The summed E-state index contributed by atoms with van der Waals surface area (Å²) < 4.78 is 31.3. The summed E-state index contributed by atoms with van der Waals surface area (Å²) >= 11 is 0. The molecular weight excluding hydrogens is 376 g/mol. The molecule has 0 aromatic heterocycles. The predicted molar refractivity (Wildman–Crippen MR) is 112 cm³/mol. The molecule has 7 heteroatoms. The molecule has 1 atom stereocenters. The Morgan fingerprint density at radius 3 is 2.18 bits per heavy atom. The lowest BCUT2D eigenvalue weighted by atomic mass is 10.1. The number of nitrogens with zero attached hydrogens (tertiary/aromatic N) is 1. The molecule has 1 N–H and O–H groups in total. The Morgan fingerprint density at radius 2 is 1.68 bits per heavy atom. The molecule has 0 bridgehead atoms. The van der Waals surface area contributed by atoms with Gasteiger partial charge in [-0.1, -0.05) is 30.3 Å². The van der Waals surface area contributed by atoms with Crippen molar-refractivity contribution < 1.29 is 17.9 Å². The highest BCUT2D eigenvalue weighted by atomic mass is 32.2. The van der Waals surface area contributed by atoms with Crippen molar-refractivity contribution in [2.45, 2.75) is 33.7 Å². The second kappa shape index (κ2) is 9.10. The van der Waals surface area contributed by atoms with Gasteiger partial charge < -0.3 is 10.1 Å². The number of hydrogen-bond acceptors (Lipinski definition) is 4. The molecule has 1 amide bonds. The number of anilines is 1. The second-order valence-electron chi connectivity index (χ2n) is 6.80. The smallest absolute Gasteiger partial charge is 0.241 e. The summed E-state index contributed by atoms with van der Waals surface area (Å²) in [6, 6.07) is 12.7. The van der Waals surface area contributed by atoms with Crippen LogP contribution in [0.5, 0.6) is 5.75 Å². The van der Waals surface area contributed by atoms with Gasteiger partial charge in [-0.05, 0) is 56.5 Å². The highest BCUT2D eigenvalue weighted by Gasteiger charge is 2.24. The monoisotopic (exact) mass is 404 g/mol. The lowest BCUT2D eigenvalue weighted by molar-refractivity contribution is -0.120. The molecule has 0 aliphatic carbocycles. The number of nitrogens with one attached hydrogen (secondary N) is 1. The van der Waals surface area contributed by atoms with E-state index in [9.17, 15) is 13.2 Å². The Kier molecular flexibility index (Phi) is 7.07. The summed E-state index contributed by atoms with van der Waals surface area (Å²) in [6.07, 6.45) is 1.11. The third kappa shape index (κ3) is 5.48. The zero-order valence-electron chi connectivity index (χ0n) is 17.0. The molecule has 0 unspecified atom stereocenters. The molecule has 0 aliphatic rings. The first-order valence-corrected chi connectivity index (χ1v) is 11.0. The number of sulfonamides is 1. The van der Waals surface area contributed by atoms with Crippen LogP contribution in [0.25, 0.3) is 0 Å². The van der Waals surface area contributed by atoms with Gasteiger partial charge in [0, 0.05) is 0 Å². The molecule has 6 nitrogen and oxygen atoms in total. The molecule has 0 radical (unpaired) electrons. The number of aryl methyl sites for hydroxylation is 2. The molecular formula is C21H28N2O4S. The summed E-state index contributed by atoms with van der Waals surface area (Å²) in [5.41, 5.74) is 3.07. The van der Waals surface area contributed by atoms with Gasteiger partial charge in [0.25, 0.3) is 0 Å². The fourth-order valence-electron chi connectivity index (χ4n) is 3.08. The lowest BCUT2D eigenvalue weighted by Gasteiger charge is -2.26. The molecule has 28 heavy (non-hydrogen) atoms. The Hall–Kier alpha value is -2.54. The minimum Gasteiger partial charge on any atom is -0.494 e. The number of carbonyl (C=O) groups is 1. The third-order valence-electron chi connectivity index (χ3n) is 4.45. The zero-order valence-corrected chi connectivity index (χ0v) is 17.8. The van der Waals surface area contributed by atoms with E-state index in [1.165, 1.54) is 0 Å². The van der Waals surface area contributed by atoms with E-state index in [0.717, 1.165) is 33.0 Å². The van der Waals surface area contributed by atoms with Crippen LogP contribution in [0.1, 0.15) is 36.6 Å². The minimum atomic E-state index is -3.61. The topological polar surface area (TPSA) is 75.7 Å². The van der Waals surface area contributed by atoms with Crippen LogP contribution in [0, 0.1) is 13.8 Å². The van der Waals surface area contributed by atoms with Crippen molar-refractivity contribution in [1.29, 1.82) is 0 Å². The first-order valence-electron chi connectivity index (χ1n) is 9.19. The van der Waals surface area contributed by atoms with E-state index in [1.807, 2.05) is 70.2 Å². The third-order valence-corrected chi connectivity index (χ3v) is 5.56. The van der Waals surface area contributed by atoms with Crippen LogP contribution in [0.15, 0.2) is 42.5 Å².